The maximum absolute atomic E-state index is 13.8. The number of hydrogen-bond donors (Lipinski definition) is 2. The van der Waals surface area contributed by atoms with E-state index in [-0.39, 0.29) is 23.3 Å². The van der Waals surface area contributed by atoms with E-state index < -0.39 is 6.09 Å². The molecular weight excluding hydrogens is 494 g/mol. The van der Waals surface area contributed by atoms with Crippen LogP contribution in [-0.4, -0.2) is 59.9 Å². The molecule has 0 radical (unpaired) electrons. The molecule has 2 aromatic heterocycles. The second kappa shape index (κ2) is 10.1. The van der Waals surface area contributed by atoms with Crippen molar-refractivity contribution in [3.8, 4) is 11.5 Å². The Balaban J connectivity index is 1.55. The molecule has 0 aliphatic carbocycles. The Morgan fingerprint density at radius 3 is 2.41 bits per heavy atom. The minimum atomic E-state index is -0.950. The Hall–Kier alpha value is -4.05. The van der Waals surface area contributed by atoms with Crippen molar-refractivity contribution in [1.29, 1.82) is 0 Å². The molecule has 1 fully saturated rings. The summed E-state index contributed by atoms with van der Waals surface area (Å²) in [7, 11) is 3.07. The Kier molecular flexibility index (Phi) is 6.75. The lowest BCUT2D eigenvalue weighted by molar-refractivity contribution is 0.0909. The Morgan fingerprint density at radius 2 is 1.76 bits per heavy atom. The zero-order valence-corrected chi connectivity index (χ0v) is 21.3. The molecule has 0 atom stereocenters. The Morgan fingerprint density at radius 1 is 1.05 bits per heavy atom. The molecule has 37 heavy (non-hydrogen) atoms. The number of likely N-dealkylation sites (tertiary alicyclic amines) is 1. The van der Waals surface area contributed by atoms with Gasteiger partial charge in [-0.3, -0.25) is 9.59 Å². The number of piperidine rings is 1. The van der Waals surface area contributed by atoms with Gasteiger partial charge in [-0.05, 0) is 36.6 Å². The summed E-state index contributed by atoms with van der Waals surface area (Å²) >= 11 is 1.24. The van der Waals surface area contributed by atoms with Crippen LogP contribution in [0.2, 0.25) is 0 Å². The van der Waals surface area contributed by atoms with Gasteiger partial charge in [-0.2, -0.15) is 0 Å². The first-order chi connectivity index (χ1) is 17.9. The van der Waals surface area contributed by atoms with Crippen molar-refractivity contribution in [2.45, 2.75) is 25.4 Å². The molecule has 4 aromatic rings. The van der Waals surface area contributed by atoms with Crippen molar-refractivity contribution in [3.63, 3.8) is 0 Å². The predicted octanol–water partition coefficient (Wildman–Crippen LogP) is 4.15. The van der Waals surface area contributed by atoms with Gasteiger partial charge < -0.3 is 29.4 Å². The van der Waals surface area contributed by atoms with Gasteiger partial charge >= 0.3 is 6.09 Å². The highest BCUT2D eigenvalue weighted by molar-refractivity contribution is 7.22. The van der Waals surface area contributed by atoms with E-state index in [1.54, 1.807) is 11.7 Å². The van der Waals surface area contributed by atoms with Gasteiger partial charge in [0, 0.05) is 24.5 Å². The van der Waals surface area contributed by atoms with Gasteiger partial charge in [-0.25, -0.2) is 4.79 Å². The van der Waals surface area contributed by atoms with Crippen LogP contribution >= 0.6 is 11.3 Å². The van der Waals surface area contributed by atoms with Crippen molar-refractivity contribution in [2.75, 3.05) is 27.3 Å². The fraction of sp³-hybridized carbons (Fsp3) is 0.296. The van der Waals surface area contributed by atoms with E-state index in [4.69, 9.17) is 9.47 Å². The number of nitrogens with zero attached hydrogens (tertiary/aromatic N) is 2. The number of ether oxygens (including phenoxy) is 2. The number of carbonyl (C=O) groups excluding carboxylic acids is 1. The summed E-state index contributed by atoms with van der Waals surface area (Å²) in [5.74, 6) is 0.678. The second-order valence-electron chi connectivity index (χ2n) is 8.94. The van der Waals surface area contributed by atoms with Gasteiger partial charge in [0.05, 0.1) is 31.0 Å². The third kappa shape index (κ3) is 4.60. The van der Waals surface area contributed by atoms with E-state index in [2.05, 4.69) is 5.32 Å². The number of aromatic nitrogens is 1. The monoisotopic (exact) mass is 521 g/mol. The van der Waals surface area contributed by atoms with E-state index in [9.17, 15) is 19.5 Å². The first-order valence-electron chi connectivity index (χ1n) is 11.9. The molecular formula is C27H27N3O6S. The number of benzene rings is 2. The van der Waals surface area contributed by atoms with Crippen LogP contribution < -0.4 is 20.3 Å². The highest BCUT2D eigenvalue weighted by Gasteiger charge is 2.28. The van der Waals surface area contributed by atoms with Crippen molar-refractivity contribution < 1.29 is 24.2 Å². The van der Waals surface area contributed by atoms with Crippen LogP contribution in [0.4, 0.5) is 4.79 Å². The van der Waals surface area contributed by atoms with Gasteiger partial charge in [0.15, 0.2) is 5.75 Å². The molecule has 10 heteroatoms. The summed E-state index contributed by atoms with van der Waals surface area (Å²) in [4.78, 5) is 40.0. The standard InChI is InChI=1S/C27H27N3O6S/c1-35-18-9-7-16(8-10-18)15-30-20-6-4-3-5-19(20)23-21(26(30)32)22(36-2)24(37-23)25(31)28-17-11-13-29(14-12-17)27(33)34/h3-10,17H,11-15H2,1-2H3,(H,28,31)(H,33,34). The Labute approximate surface area is 216 Å². The lowest BCUT2D eigenvalue weighted by atomic mass is 10.1. The number of thiophene rings is 1. The molecule has 1 saturated heterocycles. The average Bonchev–Trinajstić information content (AvgIpc) is 3.32. The van der Waals surface area contributed by atoms with E-state index in [1.807, 2.05) is 48.5 Å². The summed E-state index contributed by atoms with van der Waals surface area (Å²) in [6.45, 7) is 1.08. The van der Waals surface area contributed by atoms with Crippen molar-refractivity contribution in [2.24, 2.45) is 0 Å². The van der Waals surface area contributed by atoms with Crippen LogP contribution in [0.3, 0.4) is 0 Å². The predicted molar refractivity (Wildman–Crippen MR) is 142 cm³/mol. The molecule has 2 amide bonds. The lowest BCUT2D eigenvalue weighted by Gasteiger charge is -2.30. The molecule has 192 valence electrons. The van der Waals surface area contributed by atoms with E-state index >= 15 is 0 Å². The molecule has 1 aliphatic rings. The molecule has 0 spiro atoms. The SMILES string of the molecule is COc1ccc(Cn2c(=O)c3c(OC)c(C(=O)NC4CCN(C(=O)O)CC4)sc3c3ccccc32)cc1. The third-order valence-electron chi connectivity index (χ3n) is 6.77. The molecule has 9 nitrogen and oxygen atoms in total. The number of amides is 2. The average molecular weight is 522 g/mol. The molecule has 0 unspecified atom stereocenters. The smallest absolute Gasteiger partial charge is 0.407 e. The van der Waals surface area contributed by atoms with Gasteiger partial charge in [-0.1, -0.05) is 30.3 Å². The third-order valence-corrected chi connectivity index (χ3v) is 7.98. The number of hydrogen-bond acceptors (Lipinski definition) is 6. The number of carboxylic acid groups (broad SMARTS) is 1. The first kappa shape index (κ1) is 24.6. The quantitative estimate of drug-likeness (QED) is 0.394. The normalized spacial score (nSPS) is 14.2. The fourth-order valence-electron chi connectivity index (χ4n) is 4.83. The van der Waals surface area contributed by atoms with Crippen LogP contribution in [0, 0.1) is 0 Å². The highest BCUT2D eigenvalue weighted by atomic mass is 32.1. The van der Waals surface area contributed by atoms with Crippen LogP contribution in [0.25, 0.3) is 21.0 Å². The maximum atomic E-state index is 13.8. The summed E-state index contributed by atoms with van der Waals surface area (Å²) in [6, 6.07) is 15.1. The van der Waals surface area contributed by atoms with Crippen LogP contribution in [-0.2, 0) is 6.54 Å². The molecule has 2 N–H and O–H groups in total. The van der Waals surface area contributed by atoms with Crippen molar-refractivity contribution in [3.05, 3.63) is 69.3 Å². The number of carbonyl (C=O) groups is 2. The van der Waals surface area contributed by atoms with E-state index in [0.717, 1.165) is 22.2 Å². The molecule has 2 aromatic carbocycles. The molecule has 3 heterocycles. The van der Waals surface area contributed by atoms with E-state index in [1.165, 1.54) is 23.3 Å². The summed E-state index contributed by atoms with van der Waals surface area (Å²) < 4.78 is 13.3. The van der Waals surface area contributed by atoms with Gasteiger partial charge in [0.1, 0.15) is 16.0 Å². The van der Waals surface area contributed by atoms with Crippen LogP contribution in [0.15, 0.2) is 53.3 Å². The van der Waals surface area contributed by atoms with Gasteiger partial charge in [0.2, 0.25) is 0 Å². The lowest BCUT2D eigenvalue weighted by Crippen LogP contribution is -2.46. The fourth-order valence-corrected chi connectivity index (χ4v) is 6.02. The van der Waals surface area contributed by atoms with Crippen molar-refractivity contribution in [1.82, 2.24) is 14.8 Å². The molecule has 0 saturated carbocycles. The van der Waals surface area contributed by atoms with Gasteiger partial charge in [-0.15, -0.1) is 11.3 Å². The Bertz CT molecular complexity index is 1530. The number of pyridine rings is 1. The summed E-state index contributed by atoms with van der Waals surface area (Å²) in [5, 5.41) is 13.4. The zero-order chi connectivity index (χ0) is 26.1. The number of rotatable bonds is 6. The summed E-state index contributed by atoms with van der Waals surface area (Å²) in [6.07, 6.45) is 0.111. The largest absolute Gasteiger partial charge is 0.497 e. The summed E-state index contributed by atoms with van der Waals surface area (Å²) in [5.41, 5.74) is 1.48. The van der Waals surface area contributed by atoms with Gasteiger partial charge in [0.25, 0.3) is 11.5 Å². The highest BCUT2D eigenvalue weighted by Crippen LogP contribution is 2.39. The van der Waals surface area contributed by atoms with Crippen LogP contribution in [0.1, 0.15) is 28.1 Å². The number of methoxy groups -OCH3 is 2. The second-order valence-corrected chi connectivity index (χ2v) is 9.96. The molecule has 0 bridgehead atoms. The zero-order valence-electron chi connectivity index (χ0n) is 20.5. The number of nitrogens with one attached hydrogen (secondary N) is 1. The molecule has 1 aliphatic heterocycles. The van der Waals surface area contributed by atoms with E-state index in [0.29, 0.717) is 47.4 Å². The number of fused-ring (bicyclic) bond motifs is 3. The topological polar surface area (TPSA) is 110 Å². The van der Waals surface area contributed by atoms with Crippen LogP contribution in [0.5, 0.6) is 11.5 Å². The minimum Gasteiger partial charge on any atom is -0.497 e. The van der Waals surface area contributed by atoms with Crippen molar-refractivity contribution >= 4 is 44.3 Å². The first-order valence-corrected chi connectivity index (χ1v) is 12.8. The number of para-hydroxylation sites is 1. The minimum absolute atomic E-state index is 0.151. The maximum Gasteiger partial charge on any atom is 0.407 e. The molecule has 5 rings (SSSR count).